The summed E-state index contributed by atoms with van der Waals surface area (Å²) < 4.78 is 43.0. The van der Waals surface area contributed by atoms with E-state index in [1.54, 1.807) is 5.32 Å². The van der Waals surface area contributed by atoms with Gasteiger partial charge in [-0.2, -0.15) is 13.2 Å². The minimum atomic E-state index is -4.78. The first kappa shape index (κ1) is 19.5. The van der Waals surface area contributed by atoms with Crippen molar-refractivity contribution >= 4 is 29.5 Å². The van der Waals surface area contributed by atoms with Crippen LogP contribution in [0.3, 0.4) is 0 Å². The van der Waals surface area contributed by atoms with E-state index in [1.807, 2.05) is 0 Å². The summed E-state index contributed by atoms with van der Waals surface area (Å²) in [5.74, 6) is -2.23. The number of amides is 3. The minimum Gasteiger partial charge on any atom is -0.451 e. The zero-order chi connectivity index (χ0) is 18.7. The van der Waals surface area contributed by atoms with Gasteiger partial charge in [0.25, 0.3) is 11.5 Å². The predicted octanol–water partition coefficient (Wildman–Crippen LogP) is 0.647. The van der Waals surface area contributed by atoms with E-state index >= 15 is 0 Å². The van der Waals surface area contributed by atoms with Crippen LogP contribution in [0.4, 0.5) is 18.0 Å². The van der Waals surface area contributed by atoms with Crippen molar-refractivity contribution in [3.63, 3.8) is 0 Å². The molecule has 3 N–H and O–H groups in total. The Kier molecular flexibility index (Phi) is 5.96. The molecule has 132 valence electrons. The first-order valence-electron chi connectivity index (χ1n) is 6.18. The molecule has 0 saturated carbocycles. The van der Waals surface area contributed by atoms with Crippen LogP contribution in [-0.2, 0) is 27.0 Å². The molecule has 0 aromatic carbocycles. The molecule has 1 rings (SSSR count). The number of pyridine rings is 1. The summed E-state index contributed by atoms with van der Waals surface area (Å²) in [6.45, 7) is 0.175. The van der Waals surface area contributed by atoms with Gasteiger partial charge in [-0.15, -0.1) is 0 Å². The van der Waals surface area contributed by atoms with E-state index in [4.69, 9.17) is 17.3 Å². The van der Waals surface area contributed by atoms with Crippen molar-refractivity contribution in [3.05, 3.63) is 33.2 Å². The molecule has 1 heterocycles. The molecule has 0 bridgehead atoms. The first-order chi connectivity index (χ1) is 10.9. The average Bonchev–Trinajstić information content (AvgIpc) is 2.41. The van der Waals surface area contributed by atoms with Crippen LogP contribution < -0.4 is 16.6 Å². The minimum absolute atomic E-state index is 0.392. The first-order valence-corrected chi connectivity index (χ1v) is 6.56. The van der Waals surface area contributed by atoms with Gasteiger partial charge in [0.2, 0.25) is 0 Å². The summed E-state index contributed by atoms with van der Waals surface area (Å²) in [6.07, 6.45) is -5.84. The summed E-state index contributed by atoms with van der Waals surface area (Å²) in [6, 6.07) is -0.752. The molecule has 0 aliphatic heterocycles. The molecule has 24 heavy (non-hydrogen) atoms. The molecule has 8 nitrogen and oxygen atoms in total. The van der Waals surface area contributed by atoms with Crippen molar-refractivity contribution < 1.29 is 32.3 Å². The number of primary amides is 1. The molecule has 0 spiro atoms. The number of alkyl halides is 3. The zero-order valence-electron chi connectivity index (χ0n) is 12.0. The number of aromatic nitrogens is 1. The fourth-order valence-corrected chi connectivity index (χ4v) is 1.75. The van der Waals surface area contributed by atoms with Crippen LogP contribution in [0.5, 0.6) is 0 Å². The summed E-state index contributed by atoms with van der Waals surface area (Å²) in [4.78, 5) is 45.1. The molecule has 0 fully saturated rings. The maximum Gasteiger partial charge on any atom is 0.417 e. The SMILES string of the molecule is C[C@@H](OC(=O)Cn1cc(C(F)(F)F)cc(Cl)c1=O)C(=O)NC(N)=O. The van der Waals surface area contributed by atoms with E-state index in [9.17, 15) is 32.3 Å². The molecule has 0 unspecified atom stereocenters. The number of imide groups is 1. The summed E-state index contributed by atoms with van der Waals surface area (Å²) >= 11 is 5.42. The fraction of sp³-hybridized carbons (Fsp3) is 0.333. The maximum atomic E-state index is 12.7. The van der Waals surface area contributed by atoms with Gasteiger partial charge in [-0.3, -0.25) is 19.7 Å². The summed E-state index contributed by atoms with van der Waals surface area (Å²) in [5, 5.41) is 0.907. The zero-order valence-corrected chi connectivity index (χ0v) is 12.8. The highest BCUT2D eigenvalue weighted by Gasteiger charge is 2.32. The Morgan fingerprint density at radius 2 is 2.00 bits per heavy atom. The van der Waals surface area contributed by atoms with Crippen molar-refractivity contribution in [2.45, 2.75) is 25.7 Å². The van der Waals surface area contributed by atoms with Crippen molar-refractivity contribution in [3.8, 4) is 0 Å². The fourth-order valence-electron chi connectivity index (χ4n) is 1.52. The van der Waals surface area contributed by atoms with Crippen LogP contribution in [0.15, 0.2) is 17.1 Å². The van der Waals surface area contributed by atoms with Crippen molar-refractivity contribution in [1.29, 1.82) is 0 Å². The van der Waals surface area contributed by atoms with Crippen LogP contribution in [-0.4, -0.2) is 28.6 Å². The van der Waals surface area contributed by atoms with Gasteiger partial charge in [0.05, 0.1) is 5.56 Å². The third-order valence-electron chi connectivity index (χ3n) is 2.59. The number of carbonyl (C=O) groups excluding carboxylic acids is 3. The molecule has 0 radical (unpaired) electrons. The highest BCUT2D eigenvalue weighted by Crippen LogP contribution is 2.29. The number of hydrogen-bond donors (Lipinski definition) is 2. The van der Waals surface area contributed by atoms with Gasteiger partial charge in [-0.25, -0.2) is 4.79 Å². The number of nitrogens with one attached hydrogen (secondary N) is 1. The van der Waals surface area contributed by atoms with E-state index in [1.165, 1.54) is 0 Å². The molecule has 0 saturated heterocycles. The number of ether oxygens (including phenoxy) is 1. The van der Waals surface area contributed by atoms with E-state index in [0.29, 0.717) is 16.8 Å². The predicted molar refractivity (Wildman–Crippen MR) is 74.0 cm³/mol. The number of rotatable bonds is 4. The molecular weight excluding hydrogens is 359 g/mol. The van der Waals surface area contributed by atoms with Gasteiger partial charge in [-0.1, -0.05) is 11.6 Å². The highest BCUT2D eigenvalue weighted by atomic mass is 35.5. The lowest BCUT2D eigenvalue weighted by Crippen LogP contribution is -2.42. The normalized spacial score (nSPS) is 12.4. The van der Waals surface area contributed by atoms with Crippen LogP contribution >= 0.6 is 11.6 Å². The molecule has 1 atom stereocenters. The average molecular weight is 370 g/mol. The van der Waals surface area contributed by atoms with Crippen LogP contribution in [0, 0.1) is 0 Å². The Labute approximate surface area is 137 Å². The third-order valence-corrected chi connectivity index (χ3v) is 2.86. The second-order valence-electron chi connectivity index (χ2n) is 4.49. The Bertz CT molecular complexity index is 732. The van der Waals surface area contributed by atoms with E-state index in [0.717, 1.165) is 6.92 Å². The largest absolute Gasteiger partial charge is 0.451 e. The standard InChI is InChI=1S/C12H11ClF3N3O5/c1-5(9(21)18-11(17)23)24-8(20)4-19-3-6(12(14,15)16)2-7(13)10(19)22/h2-3,5H,4H2,1H3,(H3,17,18,21,23)/t5-/m1/s1. The molecule has 1 aromatic rings. The molecule has 3 amide bonds. The van der Waals surface area contributed by atoms with Crippen molar-refractivity contribution in [2.75, 3.05) is 0 Å². The lowest BCUT2D eigenvalue weighted by Gasteiger charge is -2.14. The topological polar surface area (TPSA) is 120 Å². The molecule has 0 aliphatic rings. The Hall–Kier alpha value is -2.56. The van der Waals surface area contributed by atoms with Crippen LogP contribution in [0.1, 0.15) is 12.5 Å². The number of carbonyl (C=O) groups is 3. The second-order valence-corrected chi connectivity index (χ2v) is 4.90. The van der Waals surface area contributed by atoms with Gasteiger partial charge in [-0.05, 0) is 13.0 Å². The van der Waals surface area contributed by atoms with E-state index < -0.39 is 52.9 Å². The maximum absolute atomic E-state index is 12.7. The molecule has 1 aromatic heterocycles. The lowest BCUT2D eigenvalue weighted by atomic mass is 10.2. The lowest BCUT2D eigenvalue weighted by molar-refractivity contribution is -0.155. The van der Waals surface area contributed by atoms with Crippen LogP contribution in [0.2, 0.25) is 5.02 Å². The number of nitrogens with two attached hydrogens (primary N) is 1. The van der Waals surface area contributed by atoms with Gasteiger partial charge < -0.3 is 15.0 Å². The molecular formula is C12H11ClF3N3O5. The number of halogens is 4. The highest BCUT2D eigenvalue weighted by molar-refractivity contribution is 6.30. The van der Waals surface area contributed by atoms with E-state index in [-0.39, 0.29) is 0 Å². The number of urea groups is 1. The smallest absolute Gasteiger partial charge is 0.417 e. The Morgan fingerprint density at radius 3 is 2.50 bits per heavy atom. The van der Waals surface area contributed by atoms with Gasteiger partial charge in [0, 0.05) is 6.20 Å². The van der Waals surface area contributed by atoms with Crippen molar-refractivity contribution in [1.82, 2.24) is 9.88 Å². The van der Waals surface area contributed by atoms with Gasteiger partial charge >= 0.3 is 18.2 Å². The quantitative estimate of drug-likeness (QED) is 0.755. The Balaban J connectivity index is 2.91. The molecule has 0 aliphatic carbocycles. The van der Waals surface area contributed by atoms with Crippen LogP contribution in [0.25, 0.3) is 0 Å². The molecule has 12 heteroatoms. The number of esters is 1. The number of hydrogen-bond acceptors (Lipinski definition) is 5. The number of nitrogens with zero attached hydrogens (tertiary/aromatic N) is 1. The van der Waals surface area contributed by atoms with E-state index in [2.05, 4.69) is 4.74 Å². The second kappa shape index (κ2) is 7.34. The monoisotopic (exact) mass is 369 g/mol. The van der Waals surface area contributed by atoms with Gasteiger partial charge in [0.1, 0.15) is 11.6 Å². The van der Waals surface area contributed by atoms with Gasteiger partial charge in [0.15, 0.2) is 6.10 Å². The third kappa shape index (κ3) is 5.26. The Morgan fingerprint density at radius 1 is 1.42 bits per heavy atom. The summed E-state index contributed by atoms with van der Waals surface area (Å²) in [5.41, 5.74) is 2.42. The van der Waals surface area contributed by atoms with Crippen molar-refractivity contribution in [2.24, 2.45) is 5.73 Å². The summed E-state index contributed by atoms with van der Waals surface area (Å²) in [7, 11) is 0.